The Balaban J connectivity index is 2.08. The van der Waals surface area contributed by atoms with Gasteiger partial charge in [0, 0.05) is 32.4 Å². The van der Waals surface area contributed by atoms with Gasteiger partial charge in [-0.2, -0.15) is 23.5 Å². The zero-order chi connectivity index (χ0) is 12.4. The number of nitrogens with one attached hydrogen (secondary N) is 1. The maximum atomic E-state index is 3.51. The minimum atomic E-state index is 0.507. The van der Waals surface area contributed by atoms with Crippen molar-refractivity contribution < 1.29 is 0 Å². The fraction of sp³-hybridized carbons (Fsp3) is 0.692. The van der Waals surface area contributed by atoms with E-state index in [0.29, 0.717) is 11.3 Å². The molecule has 4 atom stereocenters. The molecule has 0 radical (unpaired) electrons. The van der Waals surface area contributed by atoms with E-state index >= 15 is 0 Å². The summed E-state index contributed by atoms with van der Waals surface area (Å²) >= 11 is 6.13. The van der Waals surface area contributed by atoms with Crippen molar-refractivity contribution >= 4 is 34.9 Å². The summed E-state index contributed by atoms with van der Waals surface area (Å²) in [6.45, 7) is 6.90. The summed E-state index contributed by atoms with van der Waals surface area (Å²) in [6.07, 6.45) is 0. The molecular formula is C13H21NS3. The van der Waals surface area contributed by atoms with Gasteiger partial charge in [0.2, 0.25) is 0 Å². The van der Waals surface area contributed by atoms with Gasteiger partial charge in [0.1, 0.15) is 0 Å². The largest absolute Gasteiger partial charge is 0.312 e. The lowest BCUT2D eigenvalue weighted by Gasteiger charge is -2.35. The molecule has 0 aromatic carbocycles. The number of thioether (sulfide) groups is 2. The Bertz CT molecular complexity index is 363. The summed E-state index contributed by atoms with van der Waals surface area (Å²) in [6, 6.07) is 2.84. The average Bonchev–Trinajstić information content (AvgIpc) is 2.71. The summed E-state index contributed by atoms with van der Waals surface area (Å²) < 4.78 is 0. The van der Waals surface area contributed by atoms with Crippen LogP contribution >= 0.6 is 34.9 Å². The number of rotatable bonds is 3. The third-order valence-electron chi connectivity index (χ3n) is 3.37. The molecule has 96 valence electrons. The molecule has 0 spiro atoms. The summed E-state index contributed by atoms with van der Waals surface area (Å²) in [7, 11) is 2.09. The van der Waals surface area contributed by atoms with Crippen LogP contribution in [0.5, 0.6) is 0 Å². The van der Waals surface area contributed by atoms with Crippen LogP contribution in [0.2, 0.25) is 0 Å². The van der Waals surface area contributed by atoms with Gasteiger partial charge in [-0.3, -0.25) is 0 Å². The molecule has 2 heterocycles. The molecule has 4 unspecified atom stereocenters. The van der Waals surface area contributed by atoms with E-state index in [9.17, 15) is 0 Å². The number of aryl methyl sites for hydroxylation is 1. The van der Waals surface area contributed by atoms with Crippen LogP contribution in [-0.4, -0.2) is 28.6 Å². The lowest BCUT2D eigenvalue weighted by atomic mass is 10.1. The predicted octanol–water partition coefficient (Wildman–Crippen LogP) is 3.94. The molecule has 1 aliphatic rings. The second-order valence-electron chi connectivity index (χ2n) is 4.68. The van der Waals surface area contributed by atoms with Crippen LogP contribution in [0.1, 0.15) is 30.3 Å². The molecule has 1 fully saturated rings. The van der Waals surface area contributed by atoms with Gasteiger partial charge in [-0.15, -0.1) is 11.3 Å². The quantitative estimate of drug-likeness (QED) is 0.904. The van der Waals surface area contributed by atoms with Crippen LogP contribution in [0.3, 0.4) is 0 Å². The van der Waals surface area contributed by atoms with Gasteiger partial charge in [-0.1, -0.05) is 13.8 Å². The first kappa shape index (κ1) is 13.8. The first-order valence-corrected chi connectivity index (χ1v) is 8.98. The van der Waals surface area contributed by atoms with Gasteiger partial charge in [-0.05, 0) is 31.0 Å². The predicted molar refractivity (Wildman–Crippen MR) is 83.6 cm³/mol. The molecule has 0 aliphatic carbocycles. The molecule has 0 amide bonds. The van der Waals surface area contributed by atoms with Crippen molar-refractivity contribution in [3.05, 3.63) is 21.9 Å². The van der Waals surface area contributed by atoms with Crippen molar-refractivity contribution in [1.29, 1.82) is 0 Å². The van der Waals surface area contributed by atoms with Crippen molar-refractivity contribution in [3.8, 4) is 0 Å². The SMILES string of the molecule is CNC(c1csc(C)c1)C1CSC(C)C(C)S1. The minimum Gasteiger partial charge on any atom is -0.312 e. The highest BCUT2D eigenvalue weighted by Crippen LogP contribution is 2.41. The smallest absolute Gasteiger partial charge is 0.0454 e. The van der Waals surface area contributed by atoms with E-state index in [1.54, 1.807) is 0 Å². The first-order chi connectivity index (χ1) is 8.11. The van der Waals surface area contributed by atoms with E-state index in [2.05, 4.69) is 68.1 Å². The van der Waals surface area contributed by atoms with Gasteiger partial charge in [0.25, 0.3) is 0 Å². The zero-order valence-corrected chi connectivity index (χ0v) is 13.3. The Labute approximate surface area is 117 Å². The Morgan fingerprint density at radius 2 is 2.12 bits per heavy atom. The van der Waals surface area contributed by atoms with E-state index in [-0.39, 0.29) is 0 Å². The minimum absolute atomic E-state index is 0.507. The summed E-state index contributed by atoms with van der Waals surface area (Å²) in [5.41, 5.74) is 1.47. The highest BCUT2D eigenvalue weighted by atomic mass is 32.2. The van der Waals surface area contributed by atoms with Gasteiger partial charge in [0.15, 0.2) is 0 Å². The van der Waals surface area contributed by atoms with E-state index in [0.717, 1.165) is 10.5 Å². The van der Waals surface area contributed by atoms with Crippen LogP contribution in [-0.2, 0) is 0 Å². The Kier molecular flexibility index (Phi) is 4.87. The van der Waals surface area contributed by atoms with Crippen LogP contribution < -0.4 is 5.32 Å². The Morgan fingerprint density at radius 1 is 1.35 bits per heavy atom. The van der Waals surface area contributed by atoms with Crippen LogP contribution in [0, 0.1) is 6.92 Å². The molecule has 17 heavy (non-hydrogen) atoms. The molecule has 1 nitrogen and oxygen atoms in total. The molecule has 4 heteroatoms. The van der Waals surface area contributed by atoms with E-state index in [4.69, 9.17) is 0 Å². The van der Waals surface area contributed by atoms with Crippen molar-refractivity contribution in [2.24, 2.45) is 0 Å². The number of hydrogen-bond donors (Lipinski definition) is 1. The van der Waals surface area contributed by atoms with Crippen LogP contribution in [0.25, 0.3) is 0 Å². The zero-order valence-electron chi connectivity index (χ0n) is 10.9. The Morgan fingerprint density at radius 3 is 2.65 bits per heavy atom. The lowest BCUT2D eigenvalue weighted by molar-refractivity contribution is 0.590. The molecule has 2 rings (SSSR count). The second kappa shape index (κ2) is 6.00. The molecule has 1 aromatic heterocycles. The van der Waals surface area contributed by atoms with Crippen molar-refractivity contribution in [3.63, 3.8) is 0 Å². The molecule has 1 aliphatic heterocycles. The molecule has 1 saturated heterocycles. The molecule has 0 bridgehead atoms. The molecule has 1 aromatic rings. The normalized spacial score (nSPS) is 31.4. The van der Waals surface area contributed by atoms with Crippen LogP contribution in [0.15, 0.2) is 11.4 Å². The molecule has 0 saturated carbocycles. The highest BCUT2D eigenvalue weighted by molar-refractivity contribution is 8.07. The maximum absolute atomic E-state index is 3.51. The topological polar surface area (TPSA) is 12.0 Å². The van der Waals surface area contributed by atoms with Crippen molar-refractivity contribution in [1.82, 2.24) is 5.32 Å². The third kappa shape index (κ3) is 3.22. The second-order valence-corrected chi connectivity index (χ2v) is 8.82. The summed E-state index contributed by atoms with van der Waals surface area (Å²) in [5.74, 6) is 1.26. The van der Waals surface area contributed by atoms with E-state index in [1.807, 2.05) is 11.3 Å². The van der Waals surface area contributed by atoms with Gasteiger partial charge in [0.05, 0.1) is 0 Å². The van der Waals surface area contributed by atoms with Crippen molar-refractivity contribution in [2.75, 3.05) is 12.8 Å². The summed E-state index contributed by atoms with van der Waals surface area (Å²) in [4.78, 5) is 1.41. The van der Waals surface area contributed by atoms with E-state index in [1.165, 1.54) is 16.2 Å². The fourth-order valence-electron chi connectivity index (χ4n) is 2.18. The highest BCUT2D eigenvalue weighted by Gasteiger charge is 2.31. The number of thiophene rings is 1. The number of hydrogen-bond acceptors (Lipinski definition) is 4. The standard InChI is InChI=1S/C13H21NS3/c1-8-5-11(6-15-8)13(14-4)12-7-16-9(2)10(3)17-12/h5-6,9-10,12-14H,7H2,1-4H3. The third-order valence-corrected chi connectivity index (χ3v) is 7.74. The van der Waals surface area contributed by atoms with Crippen molar-refractivity contribution in [2.45, 2.75) is 42.6 Å². The maximum Gasteiger partial charge on any atom is 0.0454 e. The Hall–Kier alpha value is 0.360. The van der Waals surface area contributed by atoms with Gasteiger partial charge < -0.3 is 5.32 Å². The van der Waals surface area contributed by atoms with E-state index < -0.39 is 0 Å². The fourth-order valence-corrected chi connectivity index (χ4v) is 6.08. The average molecular weight is 288 g/mol. The molecule has 1 N–H and O–H groups in total. The first-order valence-electron chi connectivity index (χ1n) is 6.11. The van der Waals surface area contributed by atoms with Gasteiger partial charge in [-0.25, -0.2) is 0 Å². The molecular weight excluding hydrogens is 266 g/mol. The summed E-state index contributed by atoms with van der Waals surface area (Å²) in [5, 5.41) is 8.07. The van der Waals surface area contributed by atoms with Gasteiger partial charge >= 0.3 is 0 Å². The monoisotopic (exact) mass is 287 g/mol. The van der Waals surface area contributed by atoms with Crippen LogP contribution in [0.4, 0.5) is 0 Å². The lowest BCUT2D eigenvalue weighted by Crippen LogP contribution is -2.35.